The molecule has 0 atom stereocenters. The van der Waals surface area contributed by atoms with Crippen molar-refractivity contribution in [1.82, 2.24) is 0 Å². The fraction of sp³-hybridized carbons (Fsp3) is 0.600. The first-order valence-corrected chi connectivity index (χ1v) is 4.44. The molecule has 0 aromatic carbocycles. The average molecular weight is 199 g/mol. The number of carbonyl (C=O) groups excluding carboxylic acids is 1. The third kappa shape index (κ3) is 5.35. The molecule has 4 heteroatoms. The van der Waals surface area contributed by atoms with Crippen molar-refractivity contribution < 1.29 is 14.3 Å². The lowest BCUT2D eigenvalue weighted by Crippen LogP contribution is -2.08. The summed E-state index contributed by atoms with van der Waals surface area (Å²) in [5.74, 6) is 0.314. The Hall–Kier alpha value is -1.32. The van der Waals surface area contributed by atoms with Gasteiger partial charge in [-0.05, 0) is 13.3 Å². The molecule has 0 saturated heterocycles. The van der Waals surface area contributed by atoms with Crippen molar-refractivity contribution in [3.8, 4) is 0 Å². The highest BCUT2D eigenvalue weighted by atomic mass is 16.5. The van der Waals surface area contributed by atoms with Gasteiger partial charge >= 0.3 is 5.97 Å². The number of aliphatic imine (C=N–C) groups is 1. The maximum atomic E-state index is 10.9. The summed E-state index contributed by atoms with van der Waals surface area (Å²) in [7, 11) is 3.24. The molecule has 0 N–H and O–H groups in total. The minimum absolute atomic E-state index is 0.350. The number of rotatable bonds is 5. The van der Waals surface area contributed by atoms with E-state index in [1.165, 1.54) is 0 Å². The number of methoxy groups -OCH3 is 1. The molecule has 0 radical (unpaired) electrons. The molecule has 0 amide bonds. The van der Waals surface area contributed by atoms with Crippen LogP contribution < -0.4 is 0 Å². The van der Waals surface area contributed by atoms with Crippen LogP contribution in [-0.2, 0) is 14.3 Å². The Morgan fingerprint density at radius 2 is 2.14 bits per heavy atom. The first-order valence-electron chi connectivity index (χ1n) is 4.44. The largest absolute Gasteiger partial charge is 0.484 e. The lowest BCUT2D eigenvalue weighted by molar-refractivity contribution is -0.139. The fourth-order valence-electron chi connectivity index (χ4n) is 0.817. The van der Waals surface area contributed by atoms with Crippen LogP contribution in [0.15, 0.2) is 17.1 Å². The molecule has 0 fully saturated rings. The Kier molecular flexibility index (Phi) is 6.45. The van der Waals surface area contributed by atoms with Crippen LogP contribution >= 0.6 is 0 Å². The molecule has 0 aromatic rings. The van der Waals surface area contributed by atoms with E-state index in [0.29, 0.717) is 30.9 Å². The lowest BCUT2D eigenvalue weighted by atomic mass is 10.3. The summed E-state index contributed by atoms with van der Waals surface area (Å²) >= 11 is 0. The van der Waals surface area contributed by atoms with Gasteiger partial charge in [0.05, 0.1) is 13.7 Å². The van der Waals surface area contributed by atoms with E-state index in [-0.39, 0.29) is 5.97 Å². The molecule has 0 aliphatic rings. The van der Waals surface area contributed by atoms with Crippen molar-refractivity contribution in [1.29, 1.82) is 0 Å². The molecule has 80 valence electrons. The fourth-order valence-corrected chi connectivity index (χ4v) is 0.817. The van der Waals surface area contributed by atoms with Gasteiger partial charge in [-0.1, -0.05) is 6.58 Å². The Morgan fingerprint density at radius 1 is 1.50 bits per heavy atom. The third-order valence-electron chi connectivity index (χ3n) is 1.60. The van der Waals surface area contributed by atoms with Gasteiger partial charge < -0.3 is 9.47 Å². The number of ether oxygens (including phenoxy) is 2. The third-order valence-corrected chi connectivity index (χ3v) is 1.60. The molecule has 0 aliphatic heterocycles. The zero-order valence-corrected chi connectivity index (χ0v) is 9.00. The molecule has 14 heavy (non-hydrogen) atoms. The van der Waals surface area contributed by atoms with Gasteiger partial charge in [0.25, 0.3) is 0 Å². The smallest absolute Gasteiger partial charge is 0.333 e. The number of carbonyl (C=O) groups is 1. The number of esters is 1. The quantitative estimate of drug-likeness (QED) is 0.222. The van der Waals surface area contributed by atoms with Gasteiger partial charge in [-0.25, -0.2) is 4.79 Å². The number of nitrogens with zero attached hydrogens (tertiary/aromatic N) is 1. The molecular formula is C10H17NO3. The van der Waals surface area contributed by atoms with Gasteiger partial charge in [-0.2, -0.15) is 0 Å². The highest BCUT2D eigenvalue weighted by molar-refractivity contribution is 5.86. The van der Waals surface area contributed by atoms with E-state index in [0.717, 1.165) is 0 Å². The van der Waals surface area contributed by atoms with E-state index in [1.807, 2.05) is 0 Å². The summed E-state index contributed by atoms with van der Waals surface area (Å²) in [5, 5.41) is 0. The van der Waals surface area contributed by atoms with Crippen molar-refractivity contribution in [2.45, 2.75) is 19.8 Å². The average Bonchev–Trinajstić information content (AvgIpc) is 2.17. The van der Waals surface area contributed by atoms with Gasteiger partial charge in [0, 0.05) is 19.0 Å². The minimum atomic E-state index is -0.350. The molecule has 0 spiro atoms. The topological polar surface area (TPSA) is 47.9 Å². The van der Waals surface area contributed by atoms with Gasteiger partial charge in [-0.15, -0.1) is 0 Å². The van der Waals surface area contributed by atoms with Crippen LogP contribution in [0.5, 0.6) is 0 Å². The molecule has 0 aliphatic carbocycles. The maximum absolute atomic E-state index is 10.9. The predicted octanol–water partition coefficient (Wildman–Crippen LogP) is 1.56. The van der Waals surface area contributed by atoms with Gasteiger partial charge in [-0.3, -0.25) is 4.99 Å². The summed E-state index contributed by atoms with van der Waals surface area (Å²) in [6.45, 7) is 5.47. The van der Waals surface area contributed by atoms with E-state index >= 15 is 0 Å². The van der Waals surface area contributed by atoms with Gasteiger partial charge in [0.15, 0.2) is 5.90 Å². The summed E-state index contributed by atoms with van der Waals surface area (Å²) in [4.78, 5) is 14.8. The zero-order valence-electron chi connectivity index (χ0n) is 9.00. The Morgan fingerprint density at radius 3 is 2.57 bits per heavy atom. The van der Waals surface area contributed by atoms with E-state index in [4.69, 9.17) is 9.47 Å². The second kappa shape index (κ2) is 7.12. The predicted molar refractivity (Wildman–Crippen MR) is 55.4 cm³/mol. The summed E-state index contributed by atoms with van der Waals surface area (Å²) in [6, 6.07) is 0. The van der Waals surface area contributed by atoms with Crippen molar-refractivity contribution in [3.05, 3.63) is 12.2 Å². The first-order chi connectivity index (χ1) is 6.61. The molecule has 0 heterocycles. The standard InChI is InChI=1S/C10H17NO3/c1-8(2)10(12)14-7-5-6-9(11-3)13-4/h1,5-7H2,2-4H3. The van der Waals surface area contributed by atoms with Gasteiger partial charge in [0.2, 0.25) is 0 Å². The molecule has 0 bridgehead atoms. The normalized spacial score (nSPS) is 10.9. The Balaban J connectivity index is 3.56. The van der Waals surface area contributed by atoms with E-state index in [2.05, 4.69) is 11.6 Å². The maximum Gasteiger partial charge on any atom is 0.333 e. The zero-order chi connectivity index (χ0) is 11.0. The van der Waals surface area contributed by atoms with Crippen molar-refractivity contribution in [2.75, 3.05) is 20.8 Å². The summed E-state index contributed by atoms with van der Waals surface area (Å²) < 4.78 is 9.84. The van der Waals surface area contributed by atoms with Crippen molar-refractivity contribution in [3.63, 3.8) is 0 Å². The molecule has 0 saturated carbocycles. The molecule has 0 unspecified atom stereocenters. The van der Waals surface area contributed by atoms with Crippen LogP contribution in [0.25, 0.3) is 0 Å². The molecule has 0 rings (SSSR count). The summed E-state index contributed by atoms with van der Waals surface area (Å²) in [6.07, 6.45) is 1.38. The Labute approximate surface area is 84.6 Å². The molecule has 4 nitrogen and oxygen atoms in total. The van der Waals surface area contributed by atoms with E-state index in [1.54, 1.807) is 21.1 Å². The van der Waals surface area contributed by atoms with Crippen molar-refractivity contribution in [2.24, 2.45) is 4.99 Å². The van der Waals surface area contributed by atoms with Crippen LogP contribution in [-0.4, -0.2) is 32.6 Å². The monoisotopic (exact) mass is 199 g/mol. The lowest BCUT2D eigenvalue weighted by Gasteiger charge is -2.05. The first kappa shape index (κ1) is 12.7. The van der Waals surface area contributed by atoms with E-state index in [9.17, 15) is 4.79 Å². The second-order valence-electron chi connectivity index (χ2n) is 2.84. The number of hydrogen-bond donors (Lipinski definition) is 0. The second-order valence-corrected chi connectivity index (χ2v) is 2.84. The highest BCUT2D eigenvalue weighted by Gasteiger charge is 2.03. The van der Waals surface area contributed by atoms with Crippen LogP contribution in [0.2, 0.25) is 0 Å². The van der Waals surface area contributed by atoms with Crippen molar-refractivity contribution >= 4 is 11.9 Å². The summed E-state index contributed by atoms with van der Waals surface area (Å²) in [5.41, 5.74) is 0.418. The molecular weight excluding hydrogens is 182 g/mol. The van der Waals surface area contributed by atoms with Crippen LogP contribution in [0.1, 0.15) is 19.8 Å². The Bertz CT molecular complexity index is 230. The van der Waals surface area contributed by atoms with Gasteiger partial charge in [0.1, 0.15) is 0 Å². The van der Waals surface area contributed by atoms with Crippen LogP contribution in [0.3, 0.4) is 0 Å². The van der Waals surface area contributed by atoms with Crippen LogP contribution in [0, 0.1) is 0 Å². The highest BCUT2D eigenvalue weighted by Crippen LogP contribution is 1.98. The SMILES string of the molecule is C=C(C)C(=O)OCCCC(=NC)OC. The minimum Gasteiger partial charge on any atom is -0.484 e. The number of hydrogen-bond acceptors (Lipinski definition) is 4. The van der Waals surface area contributed by atoms with E-state index < -0.39 is 0 Å². The molecule has 0 aromatic heterocycles. The van der Waals surface area contributed by atoms with Crippen LogP contribution in [0.4, 0.5) is 0 Å².